The third-order valence-electron chi connectivity index (χ3n) is 2.34. The standard InChI is InChI=1S/C12H9N3/c1-2-5-10(6-3-1)15-9-14-11-7-4-8-13-12(11)15/h1-9H. The summed E-state index contributed by atoms with van der Waals surface area (Å²) >= 11 is 0. The first-order chi connectivity index (χ1) is 7.45. The van der Waals surface area contributed by atoms with E-state index in [0.717, 1.165) is 16.9 Å². The molecule has 1 aromatic carbocycles. The number of fused-ring (bicyclic) bond motifs is 1. The smallest absolute Gasteiger partial charge is 0.164 e. The number of benzene rings is 1. The molecule has 0 aliphatic rings. The van der Waals surface area contributed by atoms with Gasteiger partial charge >= 0.3 is 0 Å². The van der Waals surface area contributed by atoms with Crippen LogP contribution < -0.4 is 0 Å². The summed E-state index contributed by atoms with van der Waals surface area (Å²) in [6.45, 7) is 0. The predicted octanol–water partition coefficient (Wildman–Crippen LogP) is 2.42. The van der Waals surface area contributed by atoms with Gasteiger partial charge in [0.15, 0.2) is 5.65 Å². The molecule has 3 heteroatoms. The molecule has 3 aromatic rings. The molecule has 0 saturated heterocycles. The average molecular weight is 195 g/mol. The summed E-state index contributed by atoms with van der Waals surface area (Å²) in [5.41, 5.74) is 2.89. The first-order valence-electron chi connectivity index (χ1n) is 4.79. The highest BCUT2D eigenvalue weighted by molar-refractivity contribution is 5.72. The SMILES string of the molecule is c1ccc(-n2cnc3cccnc32)cc1. The normalized spacial score (nSPS) is 10.7. The van der Waals surface area contributed by atoms with Crippen LogP contribution in [0.25, 0.3) is 16.9 Å². The van der Waals surface area contributed by atoms with E-state index in [4.69, 9.17) is 0 Å². The van der Waals surface area contributed by atoms with Gasteiger partial charge in [0.1, 0.15) is 11.8 Å². The molecule has 0 unspecified atom stereocenters. The maximum absolute atomic E-state index is 4.32. The lowest BCUT2D eigenvalue weighted by Gasteiger charge is -2.01. The van der Waals surface area contributed by atoms with E-state index >= 15 is 0 Å². The highest BCUT2D eigenvalue weighted by Crippen LogP contribution is 2.14. The lowest BCUT2D eigenvalue weighted by atomic mass is 10.3. The van der Waals surface area contributed by atoms with Crippen molar-refractivity contribution < 1.29 is 0 Å². The van der Waals surface area contributed by atoms with E-state index in [2.05, 4.69) is 9.97 Å². The Morgan fingerprint density at radius 3 is 2.60 bits per heavy atom. The van der Waals surface area contributed by atoms with Gasteiger partial charge in [0.2, 0.25) is 0 Å². The molecule has 0 aliphatic carbocycles. The molecule has 2 heterocycles. The second kappa shape index (κ2) is 3.20. The number of para-hydroxylation sites is 1. The van der Waals surface area contributed by atoms with Crippen LogP contribution in [-0.4, -0.2) is 14.5 Å². The molecule has 0 atom stereocenters. The minimum absolute atomic E-state index is 0.892. The number of nitrogens with zero attached hydrogens (tertiary/aromatic N) is 3. The van der Waals surface area contributed by atoms with Crippen LogP contribution >= 0.6 is 0 Å². The van der Waals surface area contributed by atoms with Gasteiger partial charge in [-0.3, -0.25) is 4.57 Å². The molecule has 0 amide bonds. The number of aromatic nitrogens is 3. The molecule has 0 aliphatic heterocycles. The Kier molecular flexibility index (Phi) is 1.75. The molecular formula is C12H9N3. The molecule has 2 aromatic heterocycles. The third-order valence-corrected chi connectivity index (χ3v) is 2.34. The van der Waals surface area contributed by atoms with Crippen LogP contribution in [0.1, 0.15) is 0 Å². The summed E-state index contributed by atoms with van der Waals surface area (Å²) in [4.78, 5) is 8.61. The van der Waals surface area contributed by atoms with Crippen LogP contribution in [-0.2, 0) is 0 Å². The van der Waals surface area contributed by atoms with Crippen LogP contribution in [0.15, 0.2) is 55.0 Å². The minimum Gasteiger partial charge on any atom is -0.283 e. The summed E-state index contributed by atoms with van der Waals surface area (Å²) < 4.78 is 1.98. The Hall–Kier alpha value is -2.16. The average Bonchev–Trinajstić information content (AvgIpc) is 2.74. The fraction of sp³-hybridized carbons (Fsp3) is 0. The van der Waals surface area contributed by atoms with Crippen LogP contribution in [0.3, 0.4) is 0 Å². The zero-order valence-electron chi connectivity index (χ0n) is 8.04. The van der Waals surface area contributed by atoms with E-state index in [1.807, 2.05) is 47.0 Å². The molecule has 3 rings (SSSR count). The Morgan fingerprint density at radius 2 is 1.73 bits per heavy atom. The Morgan fingerprint density at radius 1 is 0.867 bits per heavy atom. The number of pyridine rings is 1. The molecule has 15 heavy (non-hydrogen) atoms. The fourth-order valence-electron chi connectivity index (χ4n) is 1.63. The second-order valence-electron chi connectivity index (χ2n) is 3.30. The van der Waals surface area contributed by atoms with Crippen LogP contribution in [0.5, 0.6) is 0 Å². The number of imidazole rings is 1. The Bertz CT molecular complexity index is 584. The fourth-order valence-corrected chi connectivity index (χ4v) is 1.63. The zero-order valence-corrected chi connectivity index (χ0v) is 8.04. The Labute approximate surface area is 87.0 Å². The predicted molar refractivity (Wildman–Crippen MR) is 58.9 cm³/mol. The van der Waals surface area contributed by atoms with Gasteiger partial charge < -0.3 is 0 Å². The summed E-state index contributed by atoms with van der Waals surface area (Å²) in [5.74, 6) is 0. The maximum atomic E-state index is 4.32. The highest BCUT2D eigenvalue weighted by atomic mass is 15.1. The van der Waals surface area contributed by atoms with E-state index in [-0.39, 0.29) is 0 Å². The van der Waals surface area contributed by atoms with Crippen LogP contribution in [0, 0.1) is 0 Å². The summed E-state index contributed by atoms with van der Waals surface area (Å²) in [6, 6.07) is 13.9. The molecule has 0 saturated carbocycles. The molecule has 0 N–H and O–H groups in total. The van der Waals surface area contributed by atoms with E-state index in [1.54, 1.807) is 12.5 Å². The quantitative estimate of drug-likeness (QED) is 0.597. The lowest BCUT2D eigenvalue weighted by Crippen LogP contribution is -1.92. The number of hydrogen-bond donors (Lipinski definition) is 0. The molecule has 3 nitrogen and oxygen atoms in total. The van der Waals surface area contributed by atoms with Crippen molar-refractivity contribution in [1.82, 2.24) is 14.5 Å². The van der Waals surface area contributed by atoms with E-state index in [1.165, 1.54) is 0 Å². The first-order valence-corrected chi connectivity index (χ1v) is 4.79. The van der Waals surface area contributed by atoms with E-state index in [9.17, 15) is 0 Å². The zero-order chi connectivity index (χ0) is 10.1. The molecular weight excluding hydrogens is 186 g/mol. The van der Waals surface area contributed by atoms with Crippen molar-refractivity contribution in [2.75, 3.05) is 0 Å². The summed E-state index contributed by atoms with van der Waals surface area (Å²) in [7, 11) is 0. The largest absolute Gasteiger partial charge is 0.283 e. The Balaban J connectivity index is 2.28. The van der Waals surface area contributed by atoms with Crippen LogP contribution in [0.2, 0.25) is 0 Å². The molecule has 0 fully saturated rings. The number of rotatable bonds is 1. The summed E-state index contributed by atoms with van der Waals surface area (Å²) in [6.07, 6.45) is 3.58. The van der Waals surface area contributed by atoms with E-state index in [0.29, 0.717) is 0 Å². The van der Waals surface area contributed by atoms with Gasteiger partial charge in [0, 0.05) is 11.9 Å². The lowest BCUT2D eigenvalue weighted by molar-refractivity contribution is 1.07. The second-order valence-corrected chi connectivity index (χ2v) is 3.30. The molecule has 0 bridgehead atoms. The first kappa shape index (κ1) is 8.17. The van der Waals surface area contributed by atoms with Crippen molar-refractivity contribution in [3.63, 3.8) is 0 Å². The van der Waals surface area contributed by atoms with Crippen molar-refractivity contribution in [2.45, 2.75) is 0 Å². The van der Waals surface area contributed by atoms with Crippen molar-refractivity contribution in [3.05, 3.63) is 55.0 Å². The van der Waals surface area contributed by atoms with Crippen molar-refractivity contribution >= 4 is 11.2 Å². The maximum Gasteiger partial charge on any atom is 0.164 e. The van der Waals surface area contributed by atoms with Crippen molar-refractivity contribution in [1.29, 1.82) is 0 Å². The van der Waals surface area contributed by atoms with Gasteiger partial charge in [0.05, 0.1) is 0 Å². The van der Waals surface area contributed by atoms with Crippen LogP contribution in [0.4, 0.5) is 0 Å². The van der Waals surface area contributed by atoms with Gasteiger partial charge in [-0.25, -0.2) is 9.97 Å². The van der Waals surface area contributed by atoms with E-state index < -0.39 is 0 Å². The topological polar surface area (TPSA) is 30.7 Å². The molecule has 0 spiro atoms. The van der Waals surface area contributed by atoms with Gasteiger partial charge in [-0.2, -0.15) is 0 Å². The van der Waals surface area contributed by atoms with Gasteiger partial charge in [-0.05, 0) is 24.3 Å². The minimum atomic E-state index is 0.892. The summed E-state index contributed by atoms with van der Waals surface area (Å²) in [5, 5.41) is 0. The monoisotopic (exact) mass is 195 g/mol. The van der Waals surface area contributed by atoms with Gasteiger partial charge in [0.25, 0.3) is 0 Å². The van der Waals surface area contributed by atoms with Gasteiger partial charge in [-0.15, -0.1) is 0 Å². The molecule has 0 radical (unpaired) electrons. The highest BCUT2D eigenvalue weighted by Gasteiger charge is 2.03. The van der Waals surface area contributed by atoms with Gasteiger partial charge in [-0.1, -0.05) is 18.2 Å². The van der Waals surface area contributed by atoms with Crippen molar-refractivity contribution in [3.8, 4) is 5.69 Å². The third kappa shape index (κ3) is 1.29. The van der Waals surface area contributed by atoms with Crippen molar-refractivity contribution in [2.24, 2.45) is 0 Å². The number of hydrogen-bond acceptors (Lipinski definition) is 2. The molecule has 72 valence electrons.